The number of nitrogens with one attached hydrogen (secondary N) is 6. The van der Waals surface area contributed by atoms with Crippen LogP contribution in [0.1, 0.15) is 34.6 Å². The molecule has 66 heavy (non-hydrogen) atoms. The van der Waals surface area contributed by atoms with Crippen LogP contribution in [-0.4, -0.2) is 54.0 Å². The van der Waals surface area contributed by atoms with E-state index in [0.717, 1.165) is 21.7 Å². The number of fused-ring (bicyclic) bond motifs is 2. The molecule has 0 aliphatic carbocycles. The molecule has 0 radical (unpaired) electrons. The van der Waals surface area contributed by atoms with Gasteiger partial charge in [-0.15, -0.1) is 0 Å². The van der Waals surface area contributed by atoms with Gasteiger partial charge in [0.25, 0.3) is 11.8 Å². The molecule has 8 rings (SSSR count). The maximum atomic E-state index is 12.6. The van der Waals surface area contributed by atoms with Crippen LogP contribution in [0.2, 0.25) is 0 Å². The number of hydrogen-bond acceptors (Lipinski definition) is 9. The minimum Gasteiger partial charge on any atom is -0.479 e. The molecule has 0 atom stereocenters. The van der Waals surface area contributed by atoms with E-state index in [-0.39, 0.29) is 17.9 Å². The van der Waals surface area contributed by atoms with Gasteiger partial charge >= 0.3 is 12.1 Å². The van der Waals surface area contributed by atoms with Crippen molar-refractivity contribution in [2.24, 2.45) is 0 Å². The number of rotatable bonds is 12. The standard InChI is InChI=1S/C27H26N4O4.C24H20N4O3/c1-17(2)28-25(32)19-8-6-9-22(15-19)35-21-13-11-20(12-14-21)29-27(33)31-24-16-18-7-4-5-10-23(18)30-26(24)34-3;1-25-23(29)17-7-4-8-21(13-17)31-20-11-9-19(10-12-20)27-24(30)28-22-14-16-5-2-3-6-18(16)15-26-22/h4-17H,1-3H3,(H,28,32)(H2,29,31,33);2-15H,1H3,(H,25,29)(H2,26,27,28,30). The summed E-state index contributed by atoms with van der Waals surface area (Å²) in [5, 5.41) is 19.4. The molecule has 6 N–H and O–H groups in total. The Bertz CT molecular complexity index is 3000. The van der Waals surface area contributed by atoms with Crippen LogP contribution in [-0.2, 0) is 0 Å². The quantitative estimate of drug-likeness (QED) is 0.0692. The molecule has 2 aromatic heterocycles. The van der Waals surface area contributed by atoms with Crippen LogP contribution < -0.4 is 46.1 Å². The second-order valence-electron chi connectivity index (χ2n) is 14.8. The summed E-state index contributed by atoms with van der Waals surface area (Å²) in [6, 6.07) is 45.9. The maximum Gasteiger partial charge on any atom is 0.324 e. The Morgan fingerprint density at radius 1 is 0.530 bits per heavy atom. The fourth-order valence-corrected chi connectivity index (χ4v) is 6.43. The summed E-state index contributed by atoms with van der Waals surface area (Å²) in [5.74, 6) is 2.68. The number of para-hydroxylation sites is 1. The summed E-state index contributed by atoms with van der Waals surface area (Å²) in [7, 11) is 3.08. The van der Waals surface area contributed by atoms with Crippen LogP contribution in [0, 0.1) is 0 Å². The lowest BCUT2D eigenvalue weighted by molar-refractivity contribution is 0.0940. The number of carbonyl (C=O) groups is 4. The fraction of sp³-hybridized carbons (Fsp3) is 0.0980. The second-order valence-corrected chi connectivity index (χ2v) is 14.8. The van der Waals surface area contributed by atoms with Gasteiger partial charge in [0.15, 0.2) is 0 Å². The Morgan fingerprint density at radius 3 is 1.65 bits per heavy atom. The summed E-state index contributed by atoms with van der Waals surface area (Å²) >= 11 is 0. The molecule has 0 bridgehead atoms. The predicted octanol–water partition coefficient (Wildman–Crippen LogP) is 10.8. The van der Waals surface area contributed by atoms with Crippen LogP contribution in [0.3, 0.4) is 0 Å². The zero-order valence-corrected chi connectivity index (χ0v) is 36.4. The van der Waals surface area contributed by atoms with E-state index in [1.807, 2.05) is 74.5 Å². The molecule has 6 amide bonds. The van der Waals surface area contributed by atoms with Crippen molar-refractivity contribution in [3.8, 4) is 28.9 Å². The molecule has 15 nitrogen and oxygen atoms in total. The molecule has 0 spiro atoms. The molecule has 6 aromatic carbocycles. The van der Waals surface area contributed by atoms with Crippen LogP contribution in [0.4, 0.5) is 32.5 Å². The van der Waals surface area contributed by atoms with E-state index in [1.54, 1.807) is 110 Å². The predicted molar refractivity (Wildman–Crippen MR) is 257 cm³/mol. The van der Waals surface area contributed by atoms with Gasteiger partial charge in [0.2, 0.25) is 5.88 Å². The minimum absolute atomic E-state index is 0.0444. The van der Waals surface area contributed by atoms with Crippen molar-refractivity contribution in [2.75, 3.05) is 35.4 Å². The van der Waals surface area contributed by atoms with E-state index >= 15 is 0 Å². The van der Waals surface area contributed by atoms with Gasteiger partial charge in [0.05, 0.1) is 12.6 Å². The number of hydrogen-bond donors (Lipinski definition) is 6. The van der Waals surface area contributed by atoms with Crippen molar-refractivity contribution in [3.63, 3.8) is 0 Å². The molecule has 0 fully saturated rings. The van der Waals surface area contributed by atoms with Crippen molar-refractivity contribution in [1.29, 1.82) is 0 Å². The summed E-state index contributed by atoms with van der Waals surface area (Å²) < 4.78 is 17.0. The van der Waals surface area contributed by atoms with Gasteiger partial charge < -0.3 is 40.8 Å². The molecule has 15 heteroatoms. The number of urea groups is 2. The first-order chi connectivity index (χ1) is 32.0. The molecule has 0 saturated heterocycles. The van der Waals surface area contributed by atoms with Crippen LogP contribution >= 0.6 is 0 Å². The number of benzene rings is 6. The second kappa shape index (κ2) is 21.4. The Hall–Kier alpha value is -8.98. The molecule has 0 saturated carbocycles. The Labute approximate surface area is 380 Å². The van der Waals surface area contributed by atoms with E-state index in [9.17, 15) is 19.2 Å². The lowest BCUT2D eigenvalue weighted by Gasteiger charge is -2.12. The van der Waals surface area contributed by atoms with Gasteiger partial charge in [0.1, 0.15) is 34.5 Å². The molecular formula is C51H46N8O7. The van der Waals surface area contributed by atoms with Crippen LogP contribution in [0.15, 0.2) is 164 Å². The number of pyridine rings is 2. The number of aromatic nitrogens is 2. The highest BCUT2D eigenvalue weighted by Crippen LogP contribution is 2.29. The third-order valence-corrected chi connectivity index (χ3v) is 9.54. The van der Waals surface area contributed by atoms with Crippen molar-refractivity contribution < 1.29 is 33.4 Å². The van der Waals surface area contributed by atoms with Crippen molar-refractivity contribution >= 4 is 68.4 Å². The topological polar surface area (TPSA) is 194 Å². The van der Waals surface area contributed by atoms with E-state index < -0.39 is 12.1 Å². The van der Waals surface area contributed by atoms with E-state index in [2.05, 4.69) is 41.9 Å². The normalized spacial score (nSPS) is 10.5. The van der Waals surface area contributed by atoms with Gasteiger partial charge in [-0.3, -0.25) is 14.9 Å². The molecule has 0 aliphatic heterocycles. The van der Waals surface area contributed by atoms with Crippen molar-refractivity contribution in [3.05, 3.63) is 175 Å². The number of nitrogens with zero attached hydrogens (tertiary/aromatic N) is 2. The van der Waals surface area contributed by atoms with Crippen LogP contribution in [0.5, 0.6) is 28.9 Å². The van der Waals surface area contributed by atoms with E-state index in [1.165, 1.54) is 7.11 Å². The summed E-state index contributed by atoms with van der Waals surface area (Å²) in [6.07, 6.45) is 1.72. The third kappa shape index (κ3) is 12.4. The van der Waals surface area contributed by atoms with Crippen molar-refractivity contribution in [1.82, 2.24) is 20.6 Å². The number of anilines is 4. The van der Waals surface area contributed by atoms with Gasteiger partial charge in [-0.05, 0) is 122 Å². The van der Waals surface area contributed by atoms with E-state index in [0.29, 0.717) is 62.9 Å². The number of methoxy groups -OCH3 is 1. The first-order valence-corrected chi connectivity index (χ1v) is 20.8. The Kier molecular flexibility index (Phi) is 14.6. The van der Waals surface area contributed by atoms with Gasteiger partial charge in [-0.25, -0.2) is 19.6 Å². The molecule has 332 valence electrons. The summed E-state index contributed by atoms with van der Waals surface area (Å²) in [6.45, 7) is 3.81. The first kappa shape index (κ1) is 45.1. The zero-order chi connectivity index (χ0) is 46.4. The van der Waals surface area contributed by atoms with Crippen LogP contribution in [0.25, 0.3) is 21.7 Å². The first-order valence-electron chi connectivity index (χ1n) is 20.8. The number of amides is 6. The third-order valence-electron chi connectivity index (χ3n) is 9.54. The number of carbonyl (C=O) groups excluding carboxylic acids is 4. The Morgan fingerprint density at radius 2 is 1.08 bits per heavy atom. The number of ether oxygens (including phenoxy) is 3. The maximum absolute atomic E-state index is 12.6. The highest BCUT2D eigenvalue weighted by molar-refractivity contribution is 6.02. The van der Waals surface area contributed by atoms with Gasteiger partial charge in [-0.2, -0.15) is 0 Å². The largest absolute Gasteiger partial charge is 0.479 e. The highest BCUT2D eigenvalue weighted by atomic mass is 16.5. The summed E-state index contributed by atoms with van der Waals surface area (Å²) in [4.78, 5) is 57.5. The lowest BCUT2D eigenvalue weighted by atomic mass is 10.2. The smallest absolute Gasteiger partial charge is 0.324 e. The molecule has 2 heterocycles. The van der Waals surface area contributed by atoms with Gasteiger partial charge in [-0.1, -0.05) is 54.6 Å². The molecular weight excluding hydrogens is 837 g/mol. The zero-order valence-electron chi connectivity index (χ0n) is 36.4. The van der Waals surface area contributed by atoms with Gasteiger partial charge in [0, 0.05) is 52.6 Å². The summed E-state index contributed by atoms with van der Waals surface area (Å²) in [5.41, 5.74) is 3.45. The molecule has 0 aliphatic rings. The van der Waals surface area contributed by atoms with E-state index in [4.69, 9.17) is 14.2 Å². The molecule has 8 aromatic rings. The SMILES string of the molecule is CNC(=O)c1cccc(Oc2ccc(NC(=O)Nc3cc4ccccc4cn3)cc2)c1.COc1nc2ccccc2cc1NC(=O)Nc1ccc(Oc2cccc(C(=O)NC(C)C)c2)cc1. The monoisotopic (exact) mass is 882 g/mol. The average Bonchev–Trinajstić information content (AvgIpc) is 3.32. The average molecular weight is 883 g/mol. The fourth-order valence-electron chi connectivity index (χ4n) is 6.43. The van der Waals surface area contributed by atoms with Crippen molar-refractivity contribution in [2.45, 2.75) is 19.9 Å². The minimum atomic E-state index is -0.432. The Balaban J connectivity index is 0.000000198. The lowest BCUT2D eigenvalue weighted by Crippen LogP contribution is -2.29. The molecule has 0 unspecified atom stereocenters. The highest BCUT2D eigenvalue weighted by Gasteiger charge is 2.13.